The molecule has 1 aliphatic rings. The Kier molecular flexibility index (Phi) is 4.83. The highest BCUT2D eigenvalue weighted by molar-refractivity contribution is 5.74. The van der Waals surface area contributed by atoms with E-state index < -0.39 is 42.7 Å². The number of allylic oxidation sites excluding steroid dienone is 1. The second-order valence-electron chi connectivity index (χ2n) is 4.26. The van der Waals surface area contributed by atoms with E-state index in [0.29, 0.717) is 0 Å². The average molecular weight is 261 g/mol. The Balaban J connectivity index is 3.11. The van der Waals surface area contributed by atoms with Crippen LogP contribution in [0.15, 0.2) is 12.2 Å². The predicted molar refractivity (Wildman–Crippen MR) is 61.3 cm³/mol. The first-order valence-electron chi connectivity index (χ1n) is 5.62. The lowest BCUT2D eigenvalue weighted by Crippen LogP contribution is -2.72. The van der Waals surface area contributed by atoms with Crippen LogP contribution in [0.3, 0.4) is 0 Å². The van der Waals surface area contributed by atoms with Gasteiger partial charge >= 0.3 is 0 Å². The minimum Gasteiger partial charge on any atom is -0.394 e. The first kappa shape index (κ1) is 15.1. The van der Waals surface area contributed by atoms with Crippen LogP contribution in [-0.2, 0) is 9.53 Å². The third-order valence-corrected chi connectivity index (χ3v) is 2.92. The Labute approximate surface area is 105 Å². The number of amides is 1. The van der Waals surface area contributed by atoms with Gasteiger partial charge in [-0.1, -0.05) is 12.2 Å². The summed E-state index contributed by atoms with van der Waals surface area (Å²) in [6.07, 6.45) is -2.76. The van der Waals surface area contributed by atoms with Gasteiger partial charge in [0.05, 0.1) is 6.61 Å². The summed E-state index contributed by atoms with van der Waals surface area (Å²) >= 11 is 0. The fourth-order valence-corrected chi connectivity index (χ4v) is 2.08. The van der Waals surface area contributed by atoms with E-state index in [1.54, 1.807) is 6.92 Å². The van der Waals surface area contributed by atoms with Crippen LogP contribution in [0.25, 0.3) is 0 Å². The molecule has 7 heteroatoms. The normalized spacial score (nSPS) is 41.0. The Morgan fingerprint density at radius 2 is 2.06 bits per heavy atom. The highest BCUT2D eigenvalue weighted by Crippen LogP contribution is 2.30. The summed E-state index contributed by atoms with van der Waals surface area (Å²) in [6, 6.07) is 0. The molecule has 0 spiro atoms. The zero-order chi connectivity index (χ0) is 13.9. The molecule has 1 fully saturated rings. The number of carbonyl (C=O) groups excluding carboxylic acids is 1. The topological polar surface area (TPSA) is 119 Å². The molecule has 1 saturated heterocycles. The van der Waals surface area contributed by atoms with Crippen LogP contribution in [0.1, 0.15) is 13.8 Å². The zero-order valence-corrected chi connectivity index (χ0v) is 10.3. The monoisotopic (exact) mass is 261 g/mol. The molecule has 18 heavy (non-hydrogen) atoms. The van der Waals surface area contributed by atoms with E-state index in [-0.39, 0.29) is 0 Å². The van der Waals surface area contributed by atoms with Gasteiger partial charge in [0.1, 0.15) is 23.9 Å². The van der Waals surface area contributed by atoms with Crippen LogP contribution in [0.4, 0.5) is 0 Å². The Hall–Kier alpha value is -0.990. The summed E-state index contributed by atoms with van der Waals surface area (Å²) < 4.78 is 5.02. The lowest BCUT2D eigenvalue weighted by molar-refractivity contribution is -0.272. The van der Waals surface area contributed by atoms with Crippen LogP contribution in [0.2, 0.25) is 0 Å². The van der Waals surface area contributed by atoms with E-state index in [9.17, 15) is 20.1 Å². The van der Waals surface area contributed by atoms with E-state index in [1.807, 2.05) is 0 Å². The maximum Gasteiger partial charge on any atom is 0.217 e. The van der Waals surface area contributed by atoms with Gasteiger partial charge in [-0.2, -0.15) is 0 Å². The quantitative estimate of drug-likeness (QED) is 0.370. The van der Waals surface area contributed by atoms with Crippen molar-refractivity contribution in [2.45, 2.75) is 44.0 Å². The van der Waals surface area contributed by atoms with Gasteiger partial charge in [0.25, 0.3) is 0 Å². The van der Waals surface area contributed by atoms with Gasteiger partial charge in [0, 0.05) is 6.92 Å². The smallest absolute Gasteiger partial charge is 0.217 e. The molecule has 0 aromatic rings. The van der Waals surface area contributed by atoms with Gasteiger partial charge in [0.15, 0.2) is 6.29 Å². The zero-order valence-electron chi connectivity index (χ0n) is 10.3. The van der Waals surface area contributed by atoms with Crippen molar-refractivity contribution >= 4 is 5.91 Å². The molecule has 104 valence electrons. The average Bonchev–Trinajstić information content (AvgIpc) is 2.31. The van der Waals surface area contributed by atoms with Crippen LogP contribution in [-0.4, -0.2) is 63.1 Å². The largest absolute Gasteiger partial charge is 0.394 e. The van der Waals surface area contributed by atoms with Crippen molar-refractivity contribution in [2.75, 3.05) is 6.61 Å². The van der Waals surface area contributed by atoms with Crippen LogP contribution in [0, 0.1) is 0 Å². The number of aliphatic hydroxyl groups is 4. The number of aliphatic hydroxyl groups excluding tert-OH is 4. The van der Waals surface area contributed by atoms with Gasteiger partial charge in [-0.3, -0.25) is 4.79 Å². The minimum atomic E-state index is -1.63. The van der Waals surface area contributed by atoms with Crippen LogP contribution < -0.4 is 5.32 Å². The molecule has 1 rings (SSSR count). The highest BCUT2D eigenvalue weighted by Gasteiger charge is 2.54. The maximum absolute atomic E-state index is 11.2. The summed E-state index contributed by atoms with van der Waals surface area (Å²) in [4.78, 5) is 11.2. The molecule has 0 bridgehead atoms. The van der Waals surface area contributed by atoms with E-state index in [1.165, 1.54) is 19.1 Å². The second-order valence-corrected chi connectivity index (χ2v) is 4.26. The number of hydrogen-bond donors (Lipinski definition) is 5. The molecule has 0 aromatic carbocycles. The summed E-state index contributed by atoms with van der Waals surface area (Å²) in [5.74, 6) is -0.496. The van der Waals surface area contributed by atoms with Gasteiger partial charge in [0.2, 0.25) is 5.91 Å². The van der Waals surface area contributed by atoms with Crippen molar-refractivity contribution in [3.05, 3.63) is 12.2 Å². The fraction of sp³-hybridized carbons (Fsp3) is 0.727. The third-order valence-electron chi connectivity index (χ3n) is 2.92. The maximum atomic E-state index is 11.2. The molecule has 0 aromatic heterocycles. The van der Waals surface area contributed by atoms with Crippen molar-refractivity contribution in [1.82, 2.24) is 5.32 Å². The van der Waals surface area contributed by atoms with E-state index in [4.69, 9.17) is 9.84 Å². The summed E-state index contributed by atoms with van der Waals surface area (Å²) in [6.45, 7) is 2.30. The molecule has 0 saturated carbocycles. The molecule has 1 amide bonds. The molecule has 0 aliphatic carbocycles. The summed E-state index contributed by atoms with van der Waals surface area (Å²) in [5.41, 5.74) is -1.63. The first-order chi connectivity index (χ1) is 8.39. The predicted octanol–water partition coefficient (Wildman–Crippen LogP) is -2.13. The van der Waals surface area contributed by atoms with E-state index in [2.05, 4.69) is 5.32 Å². The van der Waals surface area contributed by atoms with Crippen LogP contribution >= 0.6 is 0 Å². The van der Waals surface area contributed by atoms with E-state index >= 15 is 0 Å². The van der Waals surface area contributed by atoms with Crippen molar-refractivity contribution in [3.8, 4) is 0 Å². The molecule has 1 heterocycles. The summed E-state index contributed by atoms with van der Waals surface area (Å²) in [5, 5.41) is 41.1. The molecule has 0 radical (unpaired) electrons. The lowest BCUT2D eigenvalue weighted by Gasteiger charge is -2.47. The molecule has 0 unspecified atom stereocenters. The number of ether oxygens (including phenoxy) is 1. The molecule has 1 aliphatic heterocycles. The standard InChI is InChI=1S/C11H19NO6/c1-3-4-11(12-6(2)14)9(16)8(15)7(5-13)18-10(11)17/h3-4,7-10,13,15-17H,5H2,1-2H3,(H,12,14)/b4-3-/t7-,8-,9+,10-,11-/m1/s1. The van der Waals surface area contributed by atoms with Gasteiger partial charge in [-0.05, 0) is 6.92 Å². The molecular formula is C11H19NO6. The Morgan fingerprint density at radius 3 is 2.50 bits per heavy atom. The van der Waals surface area contributed by atoms with Crippen molar-refractivity contribution in [2.24, 2.45) is 0 Å². The number of nitrogens with one attached hydrogen (secondary N) is 1. The number of carbonyl (C=O) groups is 1. The molecule has 5 N–H and O–H groups in total. The first-order valence-corrected chi connectivity index (χ1v) is 5.62. The third kappa shape index (κ3) is 2.55. The Morgan fingerprint density at radius 1 is 1.44 bits per heavy atom. The van der Waals surface area contributed by atoms with Crippen molar-refractivity contribution in [1.29, 1.82) is 0 Å². The van der Waals surface area contributed by atoms with Gasteiger partial charge in [-0.15, -0.1) is 0 Å². The number of rotatable bonds is 3. The second kappa shape index (κ2) is 5.77. The fourth-order valence-electron chi connectivity index (χ4n) is 2.08. The van der Waals surface area contributed by atoms with Crippen LogP contribution in [0.5, 0.6) is 0 Å². The van der Waals surface area contributed by atoms with Gasteiger partial charge in [-0.25, -0.2) is 0 Å². The lowest BCUT2D eigenvalue weighted by atomic mass is 9.82. The Bertz CT molecular complexity index is 333. The van der Waals surface area contributed by atoms with Crippen molar-refractivity contribution in [3.63, 3.8) is 0 Å². The van der Waals surface area contributed by atoms with Crippen molar-refractivity contribution < 1.29 is 30.0 Å². The summed E-state index contributed by atoms with van der Waals surface area (Å²) in [7, 11) is 0. The number of hydrogen-bond acceptors (Lipinski definition) is 6. The molecular weight excluding hydrogens is 242 g/mol. The SMILES string of the molecule is C/C=C\[C@]1(NC(C)=O)[C@H](O)O[C@H](CO)[C@@H](O)[C@@H]1O. The minimum absolute atomic E-state index is 0.496. The molecule has 7 nitrogen and oxygen atoms in total. The molecule has 5 atom stereocenters. The van der Waals surface area contributed by atoms with E-state index in [0.717, 1.165) is 0 Å². The van der Waals surface area contributed by atoms with Gasteiger partial charge < -0.3 is 30.5 Å². The highest BCUT2D eigenvalue weighted by atomic mass is 16.6.